The molecule has 0 aliphatic heterocycles. The van der Waals surface area contributed by atoms with Crippen LogP contribution in [0.25, 0.3) is 0 Å². The Morgan fingerprint density at radius 3 is 0.976 bits per heavy atom. The molecule has 0 aromatic rings. The molecule has 0 aromatic heterocycles. The van der Waals surface area contributed by atoms with Crippen LogP contribution in [0.15, 0.2) is 0 Å². The van der Waals surface area contributed by atoms with Crippen molar-refractivity contribution in [3.63, 3.8) is 0 Å². The highest BCUT2D eigenvalue weighted by molar-refractivity contribution is 6.61. The third-order valence-corrected chi connectivity index (χ3v) is 17.3. The molecule has 1 rings (SSSR count). The largest absolute Gasteiger partial charge is 0.500 e. The van der Waals surface area contributed by atoms with E-state index in [9.17, 15) is 0 Å². The van der Waals surface area contributed by atoms with Crippen molar-refractivity contribution in [2.24, 2.45) is 17.8 Å². The summed E-state index contributed by atoms with van der Waals surface area (Å²) in [6.45, 7) is 23.8. The Morgan fingerprint density at radius 2 is 0.667 bits per heavy atom. The van der Waals surface area contributed by atoms with Gasteiger partial charge in [0.05, 0.1) is 0 Å². The maximum absolute atomic E-state index is 6.24. The van der Waals surface area contributed by atoms with Crippen LogP contribution in [0.2, 0.25) is 18.1 Å². The van der Waals surface area contributed by atoms with Crippen molar-refractivity contribution in [2.75, 3.05) is 59.5 Å². The lowest BCUT2D eigenvalue weighted by Crippen LogP contribution is -2.47. The van der Waals surface area contributed by atoms with Crippen LogP contribution < -0.4 is 0 Å². The molecule has 0 amide bonds. The van der Waals surface area contributed by atoms with E-state index in [1.807, 2.05) is 62.3 Å². The predicted molar refractivity (Wildman–Crippen MR) is 174 cm³/mol. The fourth-order valence-corrected chi connectivity index (χ4v) is 14.7. The molecular weight excluding hydrogens is 589 g/mol. The molecule has 42 heavy (non-hydrogen) atoms. The van der Waals surface area contributed by atoms with Gasteiger partial charge in [0.1, 0.15) is 0 Å². The lowest BCUT2D eigenvalue weighted by molar-refractivity contribution is 0.0584. The quantitative estimate of drug-likeness (QED) is 0.0846. The van der Waals surface area contributed by atoms with E-state index in [2.05, 4.69) is 0 Å². The summed E-state index contributed by atoms with van der Waals surface area (Å²) in [5.74, 6) is 1.71. The molecule has 0 bridgehead atoms. The Labute approximate surface area is 262 Å². The molecular formula is C30H66O9Si3. The van der Waals surface area contributed by atoms with Crippen molar-refractivity contribution >= 4 is 26.4 Å². The molecule has 12 heteroatoms. The Bertz CT molecular complexity index is 610. The highest BCUT2D eigenvalue weighted by Gasteiger charge is 2.46. The molecule has 252 valence electrons. The van der Waals surface area contributed by atoms with Gasteiger partial charge in [0, 0.05) is 77.6 Å². The van der Waals surface area contributed by atoms with Crippen molar-refractivity contribution in [3.8, 4) is 0 Å². The third-order valence-electron chi connectivity index (χ3n) is 8.03. The molecule has 1 aliphatic carbocycles. The zero-order chi connectivity index (χ0) is 31.3. The average Bonchev–Trinajstić information content (AvgIpc) is 2.96. The second-order valence-corrected chi connectivity index (χ2v) is 19.0. The van der Waals surface area contributed by atoms with Crippen LogP contribution in [0.5, 0.6) is 0 Å². The van der Waals surface area contributed by atoms with Crippen LogP contribution in [0.4, 0.5) is 0 Å². The zero-order valence-corrected chi connectivity index (χ0v) is 31.6. The van der Waals surface area contributed by atoms with Crippen LogP contribution in [0, 0.1) is 17.8 Å². The first-order valence-electron chi connectivity index (χ1n) is 17.1. The molecule has 1 aliphatic rings. The smallest absolute Gasteiger partial charge is 0.374 e. The number of hydrogen-bond donors (Lipinski definition) is 0. The minimum Gasteiger partial charge on any atom is -0.374 e. The summed E-state index contributed by atoms with van der Waals surface area (Å²) in [5, 5.41) is 0. The van der Waals surface area contributed by atoms with Crippen LogP contribution in [-0.4, -0.2) is 85.9 Å². The van der Waals surface area contributed by atoms with E-state index in [4.69, 9.17) is 39.8 Å². The summed E-state index contributed by atoms with van der Waals surface area (Å²) < 4.78 is 55.9. The molecule has 3 unspecified atom stereocenters. The van der Waals surface area contributed by atoms with Gasteiger partial charge in [0.15, 0.2) is 0 Å². The van der Waals surface area contributed by atoms with Gasteiger partial charge in [-0.1, -0.05) is 6.42 Å². The van der Waals surface area contributed by atoms with Gasteiger partial charge in [-0.25, -0.2) is 0 Å². The van der Waals surface area contributed by atoms with Crippen LogP contribution >= 0.6 is 0 Å². The Hall–Kier alpha value is 0.291. The first-order valence-corrected chi connectivity index (χ1v) is 22.8. The van der Waals surface area contributed by atoms with Crippen molar-refractivity contribution in [1.29, 1.82) is 0 Å². The van der Waals surface area contributed by atoms with E-state index < -0.39 is 26.4 Å². The van der Waals surface area contributed by atoms with Gasteiger partial charge >= 0.3 is 26.4 Å². The molecule has 3 atom stereocenters. The highest BCUT2D eigenvalue weighted by atomic mass is 28.4. The topological polar surface area (TPSA) is 83.1 Å². The molecule has 0 radical (unpaired) electrons. The molecule has 0 spiro atoms. The fraction of sp³-hybridized carbons (Fsp3) is 1.00. The standard InChI is InChI=1S/C30H66O9Si3/c1-10-31-40(32-11-2,33-12-3)24-21-28-19-20-29(22-25-41(34-13-4,35-14-5)36-15-6)30(27-28)23-26-42(37-16-7,38-17-8)39-18-9/h28-30H,10-27H2,1-9H3. The number of rotatable bonds is 27. The van der Waals surface area contributed by atoms with Crippen molar-refractivity contribution < 1.29 is 39.8 Å². The monoisotopic (exact) mass is 654 g/mol. The summed E-state index contributed by atoms with van der Waals surface area (Å²) >= 11 is 0. The molecule has 0 N–H and O–H groups in total. The lowest BCUT2D eigenvalue weighted by Gasteiger charge is -2.40. The second kappa shape index (κ2) is 22.7. The fourth-order valence-electron chi connectivity index (χ4n) is 6.53. The lowest BCUT2D eigenvalue weighted by atomic mass is 9.71. The minimum absolute atomic E-state index is 0.538. The Balaban J connectivity index is 3.14. The SMILES string of the molecule is CCO[Si](CCC1CCC(CC[Si](OCC)(OCC)OCC)C(CC[Si](OCC)(OCC)OCC)C1)(OCC)OCC. The van der Waals surface area contributed by atoms with Crippen molar-refractivity contribution in [2.45, 2.75) is 119 Å². The van der Waals surface area contributed by atoms with Crippen LogP contribution in [0.1, 0.15) is 101 Å². The van der Waals surface area contributed by atoms with Gasteiger partial charge in [-0.3, -0.25) is 0 Å². The van der Waals surface area contributed by atoms with Gasteiger partial charge in [0.25, 0.3) is 0 Å². The molecule has 1 saturated carbocycles. The zero-order valence-electron chi connectivity index (χ0n) is 28.6. The van der Waals surface area contributed by atoms with Crippen molar-refractivity contribution in [3.05, 3.63) is 0 Å². The van der Waals surface area contributed by atoms with E-state index in [0.29, 0.717) is 77.2 Å². The summed E-state index contributed by atoms with van der Waals surface area (Å²) in [6.07, 6.45) is 6.70. The maximum atomic E-state index is 6.24. The van der Waals surface area contributed by atoms with Gasteiger partial charge < -0.3 is 39.8 Å². The third kappa shape index (κ3) is 13.7. The van der Waals surface area contributed by atoms with Crippen LogP contribution in [0.3, 0.4) is 0 Å². The van der Waals surface area contributed by atoms with Crippen LogP contribution in [-0.2, 0) is 39.8 Å². The summed E-state index contributed by atoms with van der Waals surface area (Å²) in [5.41, 5.74) is 0. The summed E-state index contributed by atoms with van der Waals surface area (Å²) in [6, 6.07) is 2.57. The van der Waals surface area contributed by atoms with E-state index in [-0.39, 0.29) is 0 Å². The highest BCUT2D eigenvalue weighted by Crippen LogP contribution is 2.43. The van der Waals surface area contributed by atoms with Gasteiger partial charge in [-0.05, 0) is 112 Å². The van der Waals surface area contributed by atoms with E-state index >= 15 is 0 Å². The number of hydrogen-bond acceptors (Lipinski definition) is 9. The normalized spacial score (nSPS) is 20.4. The Morgan fingerprint density at radius 1 is 0.381 bits per heavy atom. The molecule has 0 heterocycles. The Kier molecular flexibility index (Phi) is 21.8. The first-order chi connectivity index (χ1) is 20.3. The summed E-state index contributed by atoms with van der Waals surface area (Å²) in [4.78, 5) is 0. The van der Waals surface area contributed by atoms with E-state index in [1.54, 1.807) is 0 Å². The summed E-state index contributed by atoms with van der Waals surface area (Å²) in [7, 11) is -8.09. The van der Waals surface area contributed by atoms with E-state index in [0.717, 1.165) is 37.4 Å². The first kappa shape index (κ1) is 40.3. The second-order valence-electron chi connectivity index (χ2n) is 10.8. The average molecular weight is 655 g/mol. The molecule has 9 nitrogen and oxygen atoms in total. The molecule has 0 saturated heterocycles. The minimum atomic E-state index is -2.73. The molecule has 1 fully saturated rings. The van der Waals surface area contributed by atoms with E-state index in [1.165, 1.54) is 19.3 Å². The molecule has 0 aromatic carbocycles. The van der Waals surface area contributed by atoms with Gasteiger partial charge in [-0.15, -0.1) is 0 Å². The van der Waals surface area contributed by atoms with Crippen molar-refractivity contribution in [1.82, 2.24) is 0 Å². The van der Waals surface area contributed by atoms with Gasteiger partial charge in [0.2, 0.25) is 0 Å². The van der Waals surface area contributed by atoms with Gasteiger partial charge in [-0.2, -0.15) is 0 Å². The maximum Gasteiger partial charge on any atom is 0.500 e. The predicted octanol–water partition coefficient (Wildman–Crippen LogP) is 7.33.